The van der Waals surface area contributed by atoms with Crippen molar-refractivity contribution in [1.82, 2.24) is 9.88 Å². The number of aryl methyl sites for hydroxylation is 1. The van der Waals surface area contributed by atoms with Crippen molar-refractivity contribution < 1.29 is 22.8 Å². The lowest BCUT2D eigenvalue weighted by molar-refractivity contribution is -0.141. The number of sulfonamides is 1. The predicted molar refractivity (Wildman–Crippen MR) is 67.9 cm³/mol. The van der Waals surface area contributed by atoms with E-state index >= 15 is 0 Å². The quantitative estimate of drug-likeness (QED) is 0.736. The second-order valence-electron chi connectivity index (χ2n) is 4.36. The number of rotatable bonds is 8. The lowest BCUT2D eigenvalue weighted by Crippen LogP contribution is -2.33. The molecule has 0 bridgehead atoms. The Morgan fingerprint density at radius 3 is 2.74 bits per heavy atom. The van der Waals surface area contributed by atoms with Gasteiger partial charge >= 0.3 is 5.97 Å². The molecule has 8 heteroatoms. The van der Waals surface area contributed by atoms with Gasteiger partial charge in [0, 0.05) is 12.6 Å². The van der Waals surface area contributed by atoms with Crippen LogP contribution in [0.2, 0.25) is 0 Å². The van der Waals surface area contributed by atoms with Gasteiger partial charge in [0.1, 0.15) is 17.2 Å². The molecule has 0 aliphatic heterocycles. The van der Waals surface area contributed by atoms with E-state index < -0.39 is 21.9 Å². The number of hydrogen-bond acceptors (Lipinski definition) is 5. The van der Waals surface area contributed by atoms with Crippen LogP contribution in [-0.2, 0) is 20.6 Å². The highest BCUT2D eigenvalue weighted by Crippen LogP contribution is 2.08. The Labute approximate surface area is 112 Å². The SMILES string of the molecule is CCCC(CNS(=O)(=O)Cc1cc(C)on1)C(=O)O. The van der Waals surface area contributed by atoms with Crippen LogP contribution in [0.1, 0.15) is 31.2 Å². The van der Waals surface area contributed by atoms with Crippen LogP contribution in [-0.4, -0.2) is 31.2 Å². The molecule has 1 aromatic rings. The maximum atomic E-state index is 11.8. The Hall–Kier alpha value is -1.41. The van der Waals surface area contributed by atoms with Crippen LogP contribution in [0.5, 0.6) is 0 Å². The van der Waals surface area contributed by atoms with Crippen molar-refractivity contribution in [1.29, 1.82) is 0 Å². The Bertz CT molecular complexity index is 523. The van der Waals surface area contributed by atoms with Crippen LogP contribution >= 0.6 is 0 Å². The van der Waals surface area contributed by atoms with Gasteiger partial charge in [-0.1, -0.05) is 18.5 Å². The fourth-order valence-corrected chi connectivity index (χ4v) is 2.70. The van der Waals surface area contributed by atoms with Gasteiger partial charge in [0.25, 0.3) is 0 Å². The average Bonchev–Trinajstić information content (AvgIpc) is 2.68. The third-order valence-corrected chi connectivity index (χ3v) is 3.83. The monoisotopic (exact) mass is 290 g/mol. The highest BCUT2D eigenvalue weighted by Gasteiger charge is 2.20. The van der Waals surface area contributed by atoms with Crippen molar-refractivity contribution in [2.24, 2.45) is 5.92 Å². The first kappa shape index (κ1) is 15.6. The Morgan fingerprint density at radius 2 is 2.26 bits per heavy atom. The van der Waals surface area contributed by atoms with E-state index in [1.165, 1.54) is 6.07 Å². The number of carboxylic acid groups (broad SMARTS) is 1. The van der Waals surface area contributed by atoms with Crippen LogP contribution in [0.3, 0.4) is 0 Å². The predicted octanol–water partition coefficient (Wildman–Crippen LogP) is 0.903. The van der Waals surface area contributed by atoms with Gasteiger partial charge in [0.05, 0.1) is 5.92 Å². The molecule has 1 atom stereocenters. The topological polar surface area (TPSA) is 110 Å². The van der Waals surface area contributed by atoms with Crippen molar-refractivity contribution >= 4 is 16.0 Å². The Kier molecular flexibility index (Phi) is 5.49. The molecule has 1 unspecified atom stereocenters. The first-order valence-electron chi connectivity index (χ1n) is 5.96. The van der Waals surface area contributed by atoms with Crippen LogP contribution in [0.4, 0.5) is 0 Å². The van der Waals surface area contributed by atoms with Crippen molar-refractivity contribution in [3.8, 4) is 0 Å². The molecule has 2 N–H and O–H groups in total. The lowest BCUT2D eigenvalue weighted by atomic mass is 10.1. The van der Waals surface area contributed by atoms with E-state index in [4.69, 9.17) is 9.63 Å². The minimum Gasteiger partial charge on any atom is -0.481 e. The average molecular weight is 290 g/mol. The van der Waals surface area contributed by atoms with Gasteiger partial charge in [-0.05, 0) is 13.3 Å². The molecule has 0 aliphatic carbocycles. The zero-order chi connectivity index (χ0) is 14.5. The van der Waals surface area contributed by atoms with Gasteiger partial charge in [-0.2, -0.15) is 0 Å². The van der Waals surface area contributed by atoms with Crippen molar-refractivity contribution in [2.75, 3.05) is 6.54 Å². The summed E-state index contributed by atoms with van der Waals surface area (Å²) in [6.45, 7) is 3.41. The highest BCUT2D eigenvalue weighted by atomic mass is 32.2. The molecule has 0 aromatic carbocycles. The third-order valence-electron chi connectivity index (χ3n) is 2.55. The summed E-state index contributed by atoms with van der Waals surface area (Å²) in [4.78, 5) is 10.9. The minimum absolute atomic E-state index is 0.109. The maximum Gasteiger partial charge on any atom is 0.307 e. The normalized spacial score (nSPS) is 13.4. The van der Waals surface area contributed by atoms with Gasteiger partial charge in [-0.15, -0.1) is 0 Å². The van der Waals surface area contributed by atoms with E-state index in [2.05, 4.69) is 9.88 Å². The number of carbonyl (C=O) groups is 1. The largest absolute Gasteiger partial charge is 0.481 e. The van der Waals surface area contributed by atoms with E-state index in [1.807, 2.05) is 6.92 Å². The summed E-state index contributed by atoms with van der Waals surface area (Å²) in [6, 6.07) is 1.53. The minimum atomic E-state index is -3.60. The third kappa shape index (κ3) is 5.39. The zero-order valence-corrected chi connectivity index (χ0v) is 11.7. The number of nitrogens with one attached hydrogen (secondary N) is 1. The molecule has 0 amide bonds. The van der Waals surface area contributed by atoms with E-state index in [9.17, 15) is 13.2 Å². The van der Waals surface area contributed by atoms with Crippen LogP contribution in [0, 0.1) is 12.8 Å². The van der Waals surface area contributed by atoms with Gasteiger partial charge < -0.3 is 9.63 Å². The summed E-state index contributed by atoms with van der Waals surface area (Å²) < 4.78 is 30.6. The fourth-order valence-electron chi connectivity index (χ4n) is 1.62. The summed E-state index contributed by atoms with van der Waals surface area (Å²) in [5, 5.41) is 12.5. The van der Waals surface area contributed by atoms with Gasteiger partial charge in [0.15, 0.2) is 0 Å². The molecule has 108 valence electrons. The molecule has 1 rings (SSSR count). The van der Waals surface area contributed by atoms with E-state index in [1.54, 1.807) is 6.92 Å². The number of aromatic nitrogens is 1. The smallest absolute Gasteiger partial charge is 0.307 e. The molecule has 0 radical (unpaired) electrons. The maximum absolute atomic E-state index is 11.8. The molecule has 7 nitrogen and oxygen atoms in total. The number of carboxylic acids is 1. The first-order chi connectivity index (χ1) is 8.84. The van der Waals surface area contributed by atoms with Crippen LogP contribution in [0.15, 0.2) is 10.6 Å². The standard InChI is InChI=1S/C11H18N2O5S/c1-3-4-9(11(14)15)6-12-19(16,17)7-10-5-8(2)18-13-10/h5,9,12H,3-4,6-7H2,1-2H3,(H,14,15). The van der Waals surface area contributed by atoms with E-state index in [0.717, 1.165) is 0 Å². The van der Waals surface area contributed by atoms with Crippen molar-refractivity contribution in [2.45, 2.75) is 32.4 Å². The number of aliphatic carboxylic acids is 1. The van der Waals surface area contributed by atoms with E-state index in [-0.39, 0.29) is 12.3 Å². The molecule has 1 aromatic heterocycles. The summed E-state index contributed by atoms with van der Waals surface area (Å²) in [5.74, 6) is -1.50. The molecular formula is C11H18N2O5S. The number of hydrogen-bond donors (Lipinski definition) is 2. The van der Waals surface area contributed by atoms with Crippen LogP contribution < -0.4 is 4.72 Å². The molecule has 0 saturated heterocycles. The summed E-state index contributed by atoms with van der Waals surface area (Å²) in [5.41, 5.74) is 0.298. The molecule has 0 saturated carbocycles. The summed E-state index contributed by atoms with van der Waals surface area (Å²) in [6.07, 6.45) is 1.11. The Morgan fingerprint density at radius 1 is 1.58 bits per heavy atom. The van der Waals surface area contributed by atoms with Gasteiger partial charge in [-0.3, -0.25) is 4.79 Å². The number of nitrogens with zero attached hydrogens (tertiary/aromatic N) is 1. The van der Waals surface area contributed by atoms with Crippen molar-refractivity contribution in [3.63, 3.8) is 0 Å². The molecular weight excluding hydrogens is 272 g/mol. The van der Waals surface area contributed by atoms with Crippen LogP contribution in [0.25, 0.3) is 0 Å². The highest BCUT2D eigenvalue weighted by molar-refractivity contribution is 7.88. The Balaban J connectivity index is 2.57. The zero-order valence-electron chi connectivity index (χ0n) is 10.9. The van der Waals surface area contributed by atoms with E-state index in [0.29, 0.717) is 24.3 Å². The fraction of sp³-hybridized carbons (Fsp3) is 0.636. The lowest BCUT2D eigenvalue weighted by Gasteiger charge is -2.12. The molecule has 19 heavy (non-hydrogen) atoms. The molecule has 0 aliphatic rings. The summed E-state index contributed by atoms with van der Waals surface area (Å²) >= 11 is 0. The summed E-state index contributed by atoms with van der Waals surface area (Å²) in [7, 11) is -3.60. The van der Waals surface area contributed by atoms with Gasteiger partial charge in [-0.25, -0.2) is 13.1 Å². The van der Waals surface area contributed by atoms with Crippen molar-refractivity contribution in [3.05, 3.63) is 17.5 Å². The second-order valence-corrected chi connectivity index (χ2v) is 6.17. The second kappa shape index (κ2) is 6.67. The molecule has 1 heterocycles. The van der Waals surface area contributed by atoms with Gasteiger partial charge in [0.2, 0.25) is 10.0 Å². The molecule has 0 fully saturated rings. The molecule has 0 spiro atoms. The first-order valence-corrected chi connectivity index (χ1v) is 7.61.